The molecule has 0 bridgehead atoms. The fourth-order valence-corrected chi connectivity index (χ4v) is 1.39. The number of nitrogens with zero attached hydrogens (tertiary/aromatic N) is 1. The zero-order valence-electron chi connectivity index (χ0n) is 9.50. The Bertz CT molecular complexity index is 459. The molecule has 0 amide bonds. The number of anilines is 1. The molecule has 1 aromatic carbocycles. The second-order valence-corrected chi connectivity index (χ2v) is 3.36. The highest BCUT2D eigenvalue weighted by Crippen LogP contribution is 2.25. The number of aryl methyl sites for hydroxylation is 1. The zero-order chi connectivity index (χ0) is 12.1. The Morgan fingerprint density at radius 1 is 1.50 bits per heavy atom. The molecular weight excluding hydrogens is 203 g/mol. The van der Waals surface area contributed by atoms with Crippen molar-refractivity contribution in [2.45, 2.75) is 13.8 Å². The Kier molecular flexibility index (Phi) is 4.00. The van der Waals surface area contributed by atoms with E-state index in [0.29, 0.717) is 11.1 Å². The Morgan fingerprint density at radius 3 is 2.75 bits per heavy atom. The van der Waals surface area contributed by atoms with Crippen molar-refractivity contribution in [3.8, 4) is 0 Å². The fraction of sp³-hybridized carbons (Fsp3) is 0.154. The SMILES string of the molecule is C=CN=C/C(=C\C)c1ccc(C)c(F)c1N. The molecule has 2 N–H and O–H groups in total. The summed E-state index contributed by atoms with van der Waals surface area (Å²) in [7, 11) is 0. The molecule has 0 saturated heterocycles. The van der Waals surface area contributed by atoms with Gasteiger partial charge in [-0.2, -0.15) is 0 Å². The van der Waals surface area contributed by atoms with Crippen molar-refractivity contribution in [2.75, 3.05) is 5.73 Å². The van der Waals surface area contributed by atoms with Crippen LogP contribution in [-0.4, -0.2) is 6.21 Å². The van der Waals surface area contributed by atoms with Gasteiger partial charge in [0.15, 0.2) is 0 Å². The number of aliphatic imine (C=N–C) groups is 1. The maximum atomic E-state index is 13.6. The number of allylic oxidation sites excluding steroid dienone is 2. The molecule has 0 aliphatic heterocycles. The van der Waals surface area contributed by atoms with Crippen molar-refractivity contribution < 1.29 is 4.39 Å². The van der Waals surface area contributed by atoms with Gasteiger partial charge in [0.05, 0.1) is 5.69 Å². The van der Waals surface area contributed by atoms with E-state index in [2.05, 4.69) is 11.6 Å². The van der Waals surface area contributed by atoms with Gasteiger partial charge in [0.1, 0.15) is 5.82 Å². The molecule has 0 aromatic heterocycles. The van der Waals surface area contributed by atoms with Crippen LogP contribution in [0.2, 0.25) is 0 Å². The molecule has 1 aromatic rings. The summed E-state index contributed by atoms with van der Waals surface area (Å²) in [6.45, 7) is 7.02. The number of benzene rings is 1. The minimum Gasteiger partial charge on any atom is -0.396 e. The average molecular weight is 218 g/mol. The first-order valence-corrected chi connectivity index (χ1v) is 4.97. The second-order valence-electron chi connectivity index (χ2n) is 3.36. The summed E-state index contributed by atoms with van der Waals surface area (Å²) in [5.41, 5.74) is 7.85. The molecule has 16 heavy (non-hydrogen) atoms. The van der Waals surface area contributed by atoms with Crippen molar-refractivity contribution in [2.24, 2.45) is 4.99 Å². The van der Waals surface area contributed by atoms with Gasteiger partial charge in [-0.1, -0.05) is 24.8 Å². The molecule has 0 aliphatic rings. The van der Waals surface area contributed by atoms with Gasteiger partial charge in [-0.05, 0) is 25.0 Å². The highest BCUT2D eigenvalue weighted by molar-refractivity contribution is 6.11. The van der Waals surface area contributed by atoms with Crippen LogP contribution in [0.4, 0.5) is 10.1 Å². The van der Waals surface area contributed by atoms with Crippen molar-refractivity contribution in [3.63, 3.8) is 0 Å². The van der Waals surface area contributed by atoms with Crippen LogP contribution in [0.5, 0.6) is 0 Å². The lowest BCUT2D eigenvalue weighted by Gasteiger charge is -2.08. The van der Waals surface area contributed by atoms with Crippen molar-refractivity contribution >= 4 is 17.5 Å². The third-order valence-corrected chi connectivity index (χ3v) is 2.31. The number of hydrogen-bond donors (Lipinski definition) is 1. The van der Waals surface area contributed by atoms with E-state index in [1.165, 1.54) is 6.20 Å². The lowest BCUT2D eigenvalue weighted by atomic mass is 10.0. The normalized spacial score (nSPS) is 12.1. The van der Waals surface area contributed by atoms with Crippen LogP contribution < -0.4 is 5.73 Å². The lowest BCUT2D eigenvalue weighted by Crippen LogP contribution is -2.00. The van der Waals surface area contributed by atoms with E-state index in [4.69, 9.17) is 5.73 Å². The molecule has 84 valence electrons. The summed E-state index contributed by atoms with van der Waals surface area (Å²) in [4.78, 5) is 3.91. The molecule has 1 rings (SSSR count). The van der Waals surface area contributed by atoms with E-state index in [0.717, 1.165) is 5.57 Å². The summed E-state index contributed by atoms with van der Waals surface area (Å²) in [6.07, 6.45) is 4.85. The third kappa shape index (κ3) is 2.37. The van der Waals surface area contributed by atoms with E-state index in [1.54, 1.807) is 25.3 Å². The summed E-state index contributed by atoms with van der Waals surface area (Å²) < 4.78 is 13.6. The van der Waals surface area contributed by atoms with E-state index < -0.39 is 0 Å². The third-order valence-electron chi connectivity index (χ3n) is 2.31. The van der Waals surface area contributed by atoms with E-state index in [9.17, 15) is 4.39 Å². The lowest BCUT2D eigenvalue weighted by molar-refractivity contribution is 0.623. The molecule has 2 nitrogen and oxygen atoms in total. The molecule has 0 unspecified atom stereocenters. The summed E-state index contributed by atoms with van der Waals surface area (Å²) in [5, 5.41) is 0. The van der Waals surface area contributed by atoms with E-state index >= 15 is 0 Å². The molecule has 0 fully saturated rings. The second kappa shape index (κ2) is 5.26. The summed E-state index contributed by atoms with van der Waals surface area (Å²) in [6, 6.07) is 3.49. The van der Waals surface area contributed by atoms with Gasteiger partial charge < -0.3 is 5.73 Å². The van der Waals surface area contributed by atoms with Gasteiger partial charge in [0.2, 0.25) is 0 Å². The number of halogens is 1. The van der Waals surface area contributed by atoms with Crippen LogP contribution in [0.1, 0.15) is 18.1 Å². The van der Waals surface area contributed by atoms with Gasteiger partial charge in [-0.15, -0.1) is 0 Å². The molecule has 0 heterocycles. The average Bonchev–Trinajstić information content (AvgIpc) is 2.29. The molecule has 0 saturated carbocycles. The predicted molar refractivity (Wildman–Crippen MR) is 67.9 cm³/mol. The number of nitrogen functional groups attached to an aromatic ring is 1. The van der Waals surface area contributed by atoms with E-state index in [-0.39, 0.29) is 11.5 Å². The van der Waals surface area contributed by atoms with Crippen LogP contribution in [0.15, 0.2) is 36.0 Å². The largest absolute Gasteiger partial charge is 0.396 e. The molecule has 0 aliphatic carbocycles. The molecule has 0 spiro atoms. The van der Waals surface area contributed by atoms with Crippen LogP contribution in [0.25, 0.3) is 5.57 Å². The van der Waals surface area contributed by atoms with Gasteiger partial charge in [0, 0.05) is 18.0 Å². The molecule has 3 heteroatoms. The first-order valence-electron chi connectivity index (χ1n) is 4.97. The minimum absolute atomic E-state index is 0.156. The Morgan fingerprint density at radius 2 is 2.19 bits per heavy atom. The van der Waals surface area contributed by atoms with Crippen LogP contribution in [0.3, 0.4) is 0 Å². The Labute approximate surface area is 95.0 Å². The standard InChI is InChI=1S/C13H15FN2/c1-4-10(8-16-5-2)11-7-6-9(3)12(14)13(11)15/h4-8H,2,15H2,1,3H3/b10-4+,16-8?. The highest BCUT2D eigenvalue weighted by Gasteiger charge is 2.09. The number of nitrogens with two attached hydrogens (primary N) is 1. The first-order chi connectivity index (χ1) is 7.61. The Hall–Kier alpha value is -1.90. The van der Waals surface area contributed by atoms with E-state index in [1.807, 2.05) is 13.0 Å². The number of rotatable bonds is 3. The zero-order valence-corrected chi connectivity index (χ0v) is 9.50. The maximum absolute atomic E-state index is 13.6. The van der Waals surface area contributed by atoms with Crippen LogP contribution >= 0.6 is 0 Å². The van der Waals surface area contributed by atoms with Gasteiger partial charge >= 0.3 is 0 Å². The minimum atomic E-state index is -0.371. The van der Waals surface area contributed by atoms with Crippen molar-refractivity contribution in [1.82, 2.24) is 0 Å². The van der Waals surface area contributed by atoms with Crippen molar-refractivity contribution in [1.29, 1.82) is 0 Å². The van der Waals surface area contributed by atoms with Crippen LogP contribution in [0, 0.1) is 12.7 Å². The van der Waals surface area contributed by atoms with Crippen LogP contribution in [-0.2, 0) is 0 Å². The maximum Gasteiger partial charge on any atom is 0.149 e. The smallest absolute Gasteiger partial charge is 0.149 e. The molecule has 0 radical (unpaired) electrons. The van der Waals surface area contributed by atoms with Crippen molar-refractivity contribution in [3.05, 3.63) is 47.9 Å². The topological polar surface area (TPSA) is 38.4 Å². The van der Waals surface area contributed by atoms with Gasteiger partial charge in [-0.3, -0.25) is 4.99 Å². The Balaban J connectivity index is 3.27. The molecular formula is C13H15FN2. The fourth-order valence-electron chi connectivity index (χ4n) is 1.39. The van der Waals surface area contributed by atoms with Gasteiger partial charge in [0.25, 0.3) is 0 Å². The monoisotopic (exact) mass is 218 g/mol. The summed E-state index contributed by atoms with van der Waals surface area (Å²) >= 11 is 0. The highest BCUT2D eigenvalue weighted by atomic mass is 19.1. The summed E-state index contributed by atoms with van der Waals surface area (Å²) in [5.74, 6) is -0.371. The van der Waals surface area contributed by atoms with Gasteiger partial charge in [-0.25, -0.2) is 4.39 Å². The predicted octanol–water partition coefficient (Wildman–Crippen LogP) is 3.33. The molecule has 0 atom stereocenters. The first kappa shape index (κ1) is 12.2. The quantitative estimate of drug-likeness (QED) is 0.613. The number of hydrogen-bond acceptors (Lipinski definition) is 2.